The van der Waals surface area contributed by atoms with Gasteiger partial charge in [-0.05, 0) is 41.5 Å². The number of benzene rings is 5. The smallest absolute Gasteiger partial charge is 0.145 e. The van der Waals surface area contributed by atoms with Gasteiger partial charge >= 0.3 is 0 Å². The molecule has 3 heterocycles. The van der Waals surface area contributed by atoms with E-state index in [4.69, 9.17) is 9.97 Å². The summed E-state index contributed by atoms with van der Waals surface area (Å²) in [6.45, 7) is 0. The summed E-state index contributed by atoms with van der Waals surface area (Å²) in [6, 6.07) is 40.6. The lowest BCUT2D eigenvalue weighted by atomic mass is 10.0. The van der Waals surface area contributed by atoms with Crippen LogP contribution in [-0.2, 0) is 0 Å². The lowest BCUT2D eigenvalue weighted by Gasteiger charge is -2.23. The van der Waals surface area contributed by atoms with Crippen molar-refractivity contribution >= 4 is 44.3 Å². The molecule has 0 aliphatic carbocycles. The van der Waals surface area contributed by atoms with Crippen LogP contribution >= 0.6 is 23.1 Å². The van der Waals surface area contributed by atoms with E-state index < -0.39 is 0 Å². The van der Waals surface area contributed by atoms with E-state index in [0.29, 0.717) is 0 Å². The quantitative estimate of drug-likeness (QED) is 0.238. The molecule has 1 aliphatic heterocycles. The van der Waals surface area contributed by atoms with Gasteiger partial charge in [0, 0.05) is 20.9 Å². The van der Waals surface area contributed by atoms with E-state index in [1.807, 2.05) is 23.9 Å². The van der Waals surface area contributed by atoms with E-state index in [-0.39, 0.29) is 0 Å². The van der Waals surface area contributed by atoms with Gasteiger partial charge in [0.1, 0.15) is 10.8 Å². The van der Waals surface area contributed by atoms with Crippen molar-refractivity contribution in [3.8, 4) is 38.8 Å². The van der Waals surface area contributed by atoms with Gasteiger partial charge in [0.15, 0.2) is 0 Å². The number of rotatable bonds is 3. The molecule has 0 atom stereocenters. The maximum Gasteiger partial charge on any atom is 0.145 e. The second kappa shape index (κ2) is 8.17. The normalized spacial score (nSPS) is 12.2. The summed E-state index contributed by atoms with van der Waals surface area (Å²) in [4.78, 5) is 12.4. The molecule has 3 nitrogen and oxygen atoms in total. The molecule has 0 unspecified atom stereocenters. The third-order valence-corrected chi connectivity index (χ3v) is 9.12. The summed E-state index contributed by atoms with van der Waals surface area (Å²) in [6.07, 6.45) is 0. The van der Waals surface area contributed by atoms with Crippen LogP contribution in [0.4, 0.5) is 0 Å². The van der Waals surface area contributed by atoms with Crippen LogP contribution in [0.2, 0.25) is 0 Å². The minimum Gasteiger partial charge on any atom is -0.290 e. The Balaban J connectivity index is 1.27. The Morgan fingerprint density at radius 2 is 1.32 bits per heavy atom. The summed E-state index contributed by atoms with van der Waals surface area (Å²) < 4.78 is 3.56. The number of hydrogen-bond donors (Lipinski definition) is 0. The molecule has 174 valence electrons. The van der Waals surface area contributed by atoms with Crippen LogP contribution < -0.4 is 0 Å². The van der Waals surface area contributed by atoms with Gasteiger partial charge in [-0.25, -0.2) is 9.97 Å². The van der Waals surface area contributed by atoms with Gasteiger partial charge in [-0.15, -0.1) is 11.3 Å². The third-order valence-electron chi connectivity index (χ3n) is 6.86. The first-order valence-corrected chi connectivity index (χ1v) is 13.8. The molecule has 0 amide bonds. The number of fused-ring (bicyclic) bond motifs is 3. The summed E-state index contributed by atoms with van der Waals surface area (Å²) >= 11 is 3.58. The standard InChI is InChI=1S/C32H19N3S2/c1-2-8-21(9-3-1)31-33-25-12-7-15-28-29(25)35(31)26-13-6-10-23(30(26)36-28)20-16-18-22(19-17-20)32-34-24-11-4-5-14-27(24)37-32/h1-19H. The predicted molar refractivity (Wildman–Crippen MR) is 155 cm³/mol. The van der Waals surface area contributed by atoms with Gasteiger partial charge in [0.2, 0.25) is 0 Å². The van der Waals surface area contributed by atoms with Gasteiger partial charge in [0.05, 0.1) is 26.9 Å². The zero-order valence-electron chi connectivity index (χ0n) is 19.6. The van der Waals surface area contributed by atoms with E-state index >= 15 is 0 Å². The third kappa shape index (κ3) is 3.28. The highest BCUT2D eigenvalue weighted by Crippen LogP contribution is 2.48. The molecule has 0 radical (unpaired) electrons. The lowest BCUT2D eigenvalue weighted by molar-refractivity contribution is 1.04. The molecule has 37 heavy (non-hydrogen) atoms. The SMILES string of the molecule is c1ccc(-c2nc3cccc4c3n2-c2cccc(-c3ccc(-c5nc6ccccc6s5)cc3)c2S4)cc1. The molecule has 7 aromatic rings. The van der Waals surface area contributed by atoms with Crippen LogP contribution in [0.15, 0.2) is 125 Å². The van der Waals surface area contributed by atoms with Crippen molar-refractivity contribution in [3.05, 3.63) is 115 Å². The monoisotopic (exact) mass is 509 g/mol. The zero-order chi connectivity index (χ0) is 24.3. The van der Waals surface area contributed by atoms with Crippen molar-refractivity contribution in [1.82, 2.24) is 14.5 Å². The molecular formula is C32H19N3S2. The van der Waals surface area contributed by atoms with E-state index in [0.717, 1.165) is 33.0 Å². The molecule has 8 rings (SSSR count). The number of para-hydroxylation sites is 2. The van der Waals surface area contributed by atoms with Crippen molar-refractivity contribution in [2.45, 2.75) is 9.79 Å². The summed E-state index contributed by atoms with van der Waals surface area (Å²) in [5.74, 6) is 0.980. The van der Waals surface area contributed by atoms with Crippen molar-refractivity contribution in [2.24, 2.45) is 0 Å². The second-order valence-corrected chi connectivity index (χ2v) is 11.2. The number of nitrogens with zero attached hydrogens (tertiary/aromatic N) is 3. The fourth-order valence-corrected chi connectivity index (χ4v) is 7.32. The maximum atomic E-state index is 5.06. The van der Waals surface area contributed by atoms with Gasteiger partial charge in [0.25, 0.3) is 0 Å². The van der Waals surface area contributed by atoms with Crippen molar-refractivity contribution < 1.29 is 0 Å². The fourth-order valence-electron chi connectivity index (χ4n) is 5.13. The van der Waals surface area contributed by atoms with Gasteiger partial charge < -0.3 is 0 Å². The number of hydrogen-bond acceptors (Lipinski definition) is 4. The fraction of sp³-hybridized carbons (Fsp3) is 0. The molecule has 0 saturated heterocycles. The predicted octanol–water partition coefficient (Wildman–Crippen LogP) is 9.10. The van der Waals surface area contributed by atoms with Crippen LogP contribution in [0, 0.1) is 0 Å². The highest BCUT2D eigenvalue weighted by molar-refractivity contribution is 8.00. The van der Waals surface area contributed by atoms with Crippen LogP contribution in [-0.4, -0.2) is 14.5 Å². The van der Waals surface area contributed by atoms with Crippen LogP contribution in [0.1, 0.15) is 0 Å². The molecule has 0 fully saturated rings. The molecule has 1 aliphatic rings. The summed E-state index contributed by atoms with van der Waals surface area (Å²) in [7, 11) is 0. The largest absolute Gasteiger partial charge is 0.290 e. The highest BCUT2D eigenvalue weighted by atomic mass is 32.2. The van der Waals surface area contributed by atoms with Crippen molar-refractivity contribution in [1.29, 1.82) is 0 Å². The Hall–Kier alpha value is -4.19. The second-order valence-electron chi connectivity index (χ2n) is 9.08. The van der Waals surface area contributed by atoms with E-state index in [1.165, 1.54) is 36.8 Å². The molecule has 5 aromatic carbocycles. The van der Waals surface area contributed by atoms with Crippen LogP contribution in [0.3, 0.4) is 0 Å². The molecule has 0 spiro atoms. The van der Waals surface area contributed by atoms with Gasteiger partial charge in [-0.2, -0.15) is 0 Å². The molecule has 0 bridgehead atoms. The van der Waals surface area contributed by atoms with E-state index in [1.54, 1.807) is 11.3 Å². The average molecular weight is 510 g/mol. The Kier molecular flexibility index (Phi) is 4.62. The van der Waals surface area contributed by atoms with Crippen molar-refractivity contribution in [3.63, 3.8) is 0 Å². The van der Waals surface area contributed by atoms with Crippen molar-refractivity contribution in [2.75, 3.05) is 0 Å². The Morgan fingerprint density at radius 3 is 2.19 bits per heavy atom. The average Bonchev–Trinajstić information content (AvgIpc) is 3.57. The first-order valence-electron chi connectivity index (χ1n) is 12.2. The summed E-state index contributed by atoms with van der Waals surface area (Å²) in [5, 5.41) is 1.06. The maximum absolute atomic E-state index is 5.06. The summed E-state index contributed by atoms with van der Waals surface area (Å²) in [5.41, 5.74) is 9.14. The molecule has 2 aromatic heterocycles. The topological polar surface area (TPSA) is 30.7 Å². The molecule has 0 N–H and O–H groups in total. The molecule has 5 heteroatoms. The lowest BCUT2D eigenvalue weighted by Crippen LogP contribution is -2.04. The van der Waals surface area contributed by atoms with Gasteiger partial charge in [-0.3, -0.25) is 4.57 Å². The first-order chi connectivity index (χ1) is 18.3. The Labute approximate surface area is 222 Å². The number of thiazole rings is 1. The molecule has 0 saturated carbocycles. The Bertz CT molecular complexity index is 1920. The number of imidazole rings is 1. The van der Waals surface area contributed by atoms with Gasteiger partial charge in [-0.1, -0.05) is 96.7 Å². The zero-order valence-corrected chi connectivity index (χ0v) is 21.3. The van der Waals surface area contributed by atoms with E-state index in [9.17, 15) is 0 Å². The van der Waals surface area contributed by atoms with Crippen LogP contribution in [0.5, 0.6) is 0 Å². The minimum atomic E-state index is 0.980. The molecular weight excluding hydrogens is 491 g/mol. The minimum absolute atomic E-state index is 0.980. The highest BCUT2D eigenvalue weighted by Gasteiger charge is 2.26. The number of aromatic nitrogens is 3. The van der Waals surface area contributed by atoms with Crippen LogP contribution in [0.25, 0.3) is 60.0 Å². The first kappa shape index (κ1) is 20.9. The Morgan fingerprint density at radius 1 is 0.568 bits per heavy atom. The van der Waals surface area contributed by atoms with E-state index in [2.05, 4.69) is 108 Å².